The van der Waals surface area contributed by atoms with Crippen molar-refractivity contribution < 1.29 is 17.9 Å². The molecule has 1 fully saturated rings. The van der Waals surface area contributed by atoms with Crippen LogP contribution in [-0.4, -0.2) is 58.9 Å². The minimum atomic E-state index is -3.12. The van der Waals surface area contributed by atoms with Gasteiger partial charge in [-0.25, -0.2) is 8.42 Å². The van der Waals surface area contributed by atoms with E-state index in [1.807, 2.05) is 25.1 Å². The van der Waals surface area contributed by atoms with E-state index in [1.54, 1.807) is 18.5 Å². The second kappa shape index (κ2) is 7.19. The SMILES string of the molecule is CCCS(=O)(=O)N1CCN(c2cc(OC)ccc2OC)CC1. The van der Waals surface area contributed by atoms with Gasteiger partial charge in [0.2, 0.25) is 10.0 Å². The van der Waals surface area contributed by atoms with E-state index < -0.39 is 10.0 Å². The highest BCUT2D eigenvalue weighted by atomic mass is 32.2. The molecule has 1 heterocycles. The van der Waals surface area contributed by atoms with Crippen molar-refractivity contribution in [1.29, 1.82) is 0 Å². The first-order valence-electron chi connectivity index (χ1n) is 7.46. The van der Waals surface area contributed by atoms with Crippen LogP contribution in [-0.2, 0) is 10.0 Å². The molecule has 0 bridgehead atoms. The largest absolute Gasteiger partial charge is 0.497 e. The van der Waals surface area contributed by atoms with E-state index in [-0.39, 0.29) is 5.75 Å². The maximum absolute atomic E-state index is 12.1. The Morgan fingerprint density at radius 2 is 1.77 bits per heavy atom. The van der Waals surface area contributed by atoms with Crippen molar-refractivity contribution in [2.75, 3.05) is 51.1 Å². The van der Waals surface area contributed by atoms with Crippen molar-refractivity contribution in [3.63, 3.8) is 0 Å². The van der Waals surface area contributed by atoms with Crippen LogP contribution in [0.15, 0.2) is 18.2 Å². The summed E-state index contributed by atoms with van der Waals surface area (Å²) in [4.78, 5) is 2.14. The quantitative estimate of drug-likeness (QED) is 0.793. The zero-order valence-corrected chi connectivity index (χ0v) is 14.2. The topological polar surface area (TPSA) is 59.1 Å². The third-order valence-corrected chi connectivity index (χ3v) is 5.90. The van der Waals surface area contributed by atoms with Crippen LogP contribution in [0, 0.1) is 0 Å². The van der Waals surface area contributed by atoms with Gasteiger partial charge in [-0.05, 0) is 18.6 Å². The summed E-state index contributed by atoms with van der Waals surface area (Å²) < 4.78 is 36.5. The molecule has 0 aromatic heterocycles. The molecule has 1 aliphatic rings. The molecule has 1 aromatic rings. The van der Waals surface area contributed by atoms with E-state index in [0.717, 1.165) is 17.2 Å². The summed E-state index contributed by atoms with van der Waals surface area (Å²) >= 11 is 0. The predicted molar refractivity (Wildman–Crippen MR) is 87.4 cm³/mol. The number of nitrogens with zero attached hydrogens (tertiary/aromatic N) is 2. The Bertz CT molecular complexity index is 596. The van der Waals surface area contributed by atoms with Gasteiger partial charge in [0.15, 0.2) is 0 Å². The monoisotopic (exact) mass is 328 g/mol. The number of sulfonamides is 1. The maximum Gasteiger partial charge on any atom is 0.214 e. The van der Waals surface area contributed by atoms with Gasteiger partial charge in [0.25, 0.3) is 0 Å². The molecular formula is C15H24N2O4S. The van der Waals surface area contributed by atoms with Gasteiger partial charge in [-0.15, -0.1) is 0 Å². The first kappa shape index (κ1) is 16.9. The average molecular weight is 328 g/mol. The summed E-state index contributed by atoms with van der Waals surface area (Å²) in [6.45, 7) is 4.18. The van der Waals surface area contributed by atoms with Crippen molar-refractivity contribution in [3.05, 3.63) is 18.2 Å². The van der Waals surface area contributed by atoms with Crippen LogP contribution in [0.1, 0.15) is 13.3 Å². The number of rotatable bonds is 6. The van der Waals surface area contributed by atoms with E-state index in [0.29, 0.717) is 32.6 Å². The average Bonchev–Trinajstić information content (AvgIpc) is 2.54. The Labute approximate surface area is 132 Å². The maximum atomic E-state index is 12.1. The molecule has 0 spiro atoms. The van der Waals surface area contributed by atoms with Crippen LogP contribution < -0.4 is 14.4 Å². The van der Waals surface area contributed by atoms with Gasteiger partial charge in [0, 0.05) is 32.2 Å². The number of benzene rings is 1. The van der Waals surface area contributed by atoms with Crippen LogP contribution in [0.2, 0.25) is 0 Å². The lowest BCUT2D eigenvalue weighted by molar-refractivity contribution is 0.376. The molecule has 1 aromatic carbocycles. The van der Waals surface area contributed by atoms with Crippen LogP contribution in [0.3, 0.4) is 0 Å². The second-order valence-electron chi connectivity index (χ2n) is 5.24. The molecule has 0 atom stereocenters. The standard InChI is InChI=1S/C15H24N2O4S/c1-4-11-22(18,19)17-9-7-16(8-10-17)14-12-13(20-2)5-6-15(14)21-3/h5-6,12H,4,7-11H2,1-3H3. The van der Waals surface area contributed by atoms with Gasteiger partial charge in [-0.3, -0.25) is 0 Å². The minimum absolute atomic E-state index is 0.218. The van der Waals surface area contributed by atoms with Gasteiger partial charge in [0.1, 0.15) is 11.5 Å². The molecule has 7 heteroatoms. The fourth-order valence-electron chi connectivity index (χ4n) is 2.64. The molecule has 2 rings (SSSR count). The molecule has 6 nitrogen and oxygen atoms in total. The predicted octanol–water partition coefficient (Wildman–Crippen LogP) is 1.57. The molecule has 124 valence electrons. The lowest BCUT2D eigenvalue weighted by Crippen LogP contribution is -2.49. The molecule has 0 saturated carbocycles. The van der Waals surface area contributed by atoms with E-state index in [1.165, 1.54) is 0 Å². The number of ether oxygens (including phenoxy) is 2. The fraction of sp³-hybridized carbons (Fsp3) is 0.600. The first-order valence-corrected chi connectivity index (χ1v) is 9.07. The molecule has 0 aliphatic carbocycles. The number of hydrogen-bond acceptors (Lipinski definition) is 5. The van der Waals surface area contributed by atoms with Gasteiger partial charge >= 0.3 is 0 Å². The first-order chi connectivity index (χ1) is 10.5. The van der Waals surface area contributed by atoms with Gasteiger partial charge in [0.05, 0.1) is 25.7 Å². The van der Waals surface area contributed by atoms with Gasteiger partial charge in [-0.1, -0.05) is 6.92 Å². The third-order valence-electron chi connectivity index (χ3n) is 3.82. The molecule has 0 N–H and O–H groups in total. The van der Waals surface area contributed by atoms with Gasteiger partial charge < -0.3 is 14.4 Å². The lowest BCUT2D eigenvalue weighted by Gasteiger charge is -2.36. The van der Waals surface area contributed by atoms with E-state index in [4.69, 9.17) is 9.47 Å². The van der Waals surface area contributed by atoms with Crippen molar-refractivity contribution >= 4 is 15.7 Å². The summed E-state index contributed by atoms with van der Waals surface area (Å²) in [6.07, 6.45) is 0.645. The van der Waals surface area contributed by atoms with Gasteiger partial charge in [-0.2, -0.15) is 4.31 Å². The third kappa shape index (κ3) is 3.64. The van der Waals surface area contributed by atoms with Crippen molar-refractivity contribution in [2.24, 2.45) is 0 Å². The molecule has 22 heavy (non-hydrogen) atoms. The Morgan fingerprint density at radius 3 is 2.32 bits per heavy atom. The van der Waals surface area contributed by atoms with Crippen LogP contribution in [0.25, 0.3) is 0 Å². The van der Waals surface area contributed by atoms with E-state index in [2.05, 4.69) is 4.90 Å². The fourth-order valence-corrected chi connectivity index (χ4v) is 4.13. The Morgan fingerprint density at radius 1 is 1.09 bits per heavy atom. The van der Waals surface area contributed by atoms with Crippen molar-refractivity contribution in [2.45, 2.75) is 13.3 Å². The molecule has 1 saturated heterocycles. The highest BCUT2D eigenvalue weighted by Gasteiger charge is 2.27. The van der Waals surface area contributed by atoms with Crippen LogP contribution in [0.4, 0.5) is 5.69 Å². The molecule has 0 unspecified atom stereocenters. The summed E-state index contributed by atoms with van der Waals surface area (Å²) in [5.74, 6) is 1.75. The summed E-state index contributed by atoms with van der Waals surface area (Å²) in [5.41, 5.74) is 0.939. The number of hydrogen-bond donors (Lipinski definition) is 0. The number of methoxy groups -OCH3 is 2. The molecular weight excluding hydrogens is 304 g/mol. The lowest BCUT2D eigenvalue weighted by atomic mass is 10.2. The Kier molecular flexibility index (Phi) is 5.52. The summed E-state index contributed by atoms with van der Waals surface area (Å²) in [6, 6.07) is 5.65. The molecule has 0 amide bonds. The smallest absolute Gasteiger partial charge is 0.214 e. The highest BCUT2D eigenvalue weighted by molar-refractivity contribution is 7.89. The normalized spacial score (nSPS) is 16.6. The molecule has 1 aliphatic heterocycles. The van der Waals surface area contributed by atoms with E-state index >= 15 is 0 Å². The Balaban J connectivity index is 2.11. The highest BCUT2D eigenvalue weighted by Crippen LogP contribution is 2.33. The summed E-state index contributed by atoms with van der Waals surface area (Å²) in [7, 11) is 0.141. The number of piperazine rings is 1. The van der Waals surface area contributed by atoms with Crippen molar-refractivity contribution in [1.82, 2.24) is 4.31 Å². The molecule has 0 radical (unpaired) electrons. The summed E-state index contributed by atoms with van der Waals surface area (Å²) in [5, 5.41) is 0. The van der Waals surface area contributed by atoms with Crippen LogP contribution in [0.5, 0.6) is 11.5 Å². The van der Waals surface area contributed by atoms with Crippen molar-refractivity contribution in [3.8, 4) is 11.5 Å². The minimum Gasteiger partial charge on any atom is -0.497 e. The second-order valence-corrected chi connectivity index (χ2v) is 7.33. The zero-order valence-electron chi connectivity index (χ0n) is 13.4. The van der Waals surface area contributed by atoms with E-state index in [9.17, 15) is 8.42 Å². The zero-order chi connectivity index (χ0) is 16.2. The Hall–Kier alpha value is -1.47. The number of anilines is 1. The van der Waals surface area contributed by atoms with Crippen LogP contribution >= 0.6 is 0 Å².